The number of likely N-dealkylation sites (tertiary alicyclic amines) is 1. The van der Waals surface area contributed by atoms with Crippen LogP contribution in [0.3, 0.4) is 0 Å². The predicted octanol–water partition coefficient (Wildman–Crippen LogP) is 2.32. The van der Waals surface area contributed by atoms with E-state index in [4.69, 9.17) is 4.74 Å². The lowest BCUT2D eigenvalue weighted by atomic mass is 9.94. The number of hydrogen-bond donors (Lipinski definition) is 1. The van der Waals surface area contributed by atoms with Crippen LogP contribution in [0.25, 0.3) is 5.76 Å². The molecule has 35 heavy (non-hydrogen) atoms. The van der Waals surface area contributed by atoms with Gasteiger partial charge < -0.3 is 19.6 Å². The van der Waals surface area contributed by atoms with Crippen LogP contribution in [0.5, 0.6) is 5.75 Å². The number of rotatable bonds is 10. The van der Waals surface area contributed by atoms with E-state index >= 15 is 0 Å². The van der Waals surface area contributed by atoms with E-state index in [0.29, 0.717) is 42.5 Å². The van der Waals surface area contributed by atoms with Crippen molar-refractivity contribution in [1.82, 2.24) is 4.90 Å². The Bertz CT molecular complexity index is 1090. The Morgan fingerprint density at radius 2 is 1.77 bits per heavy atom. The third-order valence-electron chi connectivity index (χ3n) is 6.43. The molecule has 7 heteroatoms. The number of quaternary nitrogens is 1. The van der Waals surface area contributed by atoms with Crippen LogP contribution in [0, 0.1) is 18.7 Å². The van der Waals surface area contributed by atoms with Crippen molar-refractivity contribution in [3.8, 4) is 5.75 Å². The summed E-state index contributed by atoms with van der Waals surface area (Å²) in [7, 11) is 0. The fraction of sp³-hybridized carbons (Fsp3) is 0.429. The molecule has 1 N–H and O–H groups in total. The summed E-state index contributed by atoms with van der Waals surface area (Å²) in [5, 5.41) is 13.6. The Morgan fingerprint density at radius 3 is 2.34 bits per heavy atom. The highest BCUT2D eigenvalue weighted by Gasteiger charge is 2.44. The minimum absolute atomic E-state index is 0.0913. The largest absolute Gasteiger partial charge is 0.872 e. The van der Waals surface area contributed by atoms with E-state index in [1.54, 1.807) is 18.2 Å². The van der Waals surface area contributed by atoms with Gasteiger partial charge in [-0.15, -0.1) is 0 Å². The van der Waals surface area contributed by atoms with Gasteiger partial charge in [-0.1, -0.05) is 37.8 Å². The molecule has 0 saturated carbocycles. The van der Waals surface area contributed by atoms with Crippen molar-refractivity contribution in [3.63, 3.8) is 0 Å². The first-order valence-electron chi connectivity index (χ1n) is 12.3. The zero-order chi connectivity index (χ0) is 25.7. The van der Waals surface area contributed by atoms with E-state index in [9.17, 15) is 19.1 Å². The van der Waals surface area contributed by atoms with Gasteiger partial charge in [0.25, 0.3) is 5.91 Å². The van der Waals surface area contributed by atoms with Gasteiger partial charge in [0.2, 0.25) is 5.78 Å². The molecule has 1 heterocycles. The quantitative estimate of drug-likeness (QED) is 0.321. The Hall–Kier alpha value is -3.19. The molecule has 1 saturated heterocycles. The number of carbonyl (C=O) groups is 2. The van der Waals surface area contributed by atoms with E-state index in [2.05, 4.69) is 27.7 Å². The number of aryl methyl sites for hydroxylation is 1. The van der Waals surface area contributed by atoms with Crippen molar-refractivity contribution in [2.75, 3.05) is 32.8 Å². The average molecular weight is 483 g/mol. The van der Waals surface area contributed by atoms with Gasteiger partial charge in [-0.25, -0.2) is 4.39 Å². The molecule has 1 amide bonds. The Morgan fingerprint density at radius 1 is 1.11 bits per heavy atom. The Balaban J connectivity index is 2.04. The van der Waals surface area contributed by atoms with E-state index in [-0.39, 0.29) is 5.57 Å². The number of ketones is 1. The second kappa shape index (κ2) is 11.5. The first-order chi connectivity index (χ1) is 16.7. The van der Waals surface area contributed by atoms with Gasteiger partial charge in [-0.2, -0.15) is 0 Å². The monoisotopic (exact) mass is 482 g/mol. The fourth-order valence-electron chi connectivity index (χ4n) is 4.34. The van der Waals surface area contributed by atoms with Crippen molar-refractivity contribution in [3.05, 3.63) is 70.5 Å². The van der Waals surface area contributed by atoms with Crippen molar-refractivity contribution in [2.24, 2.45) is 5.92 Å². The van der Waals surface area contributed by atoms with E-state index in [1.807, 2.05) is 6.92 Å². The number of carbonyl (C=O) groups excluding carboxylic acids is 2. The predicted molar refractivity (Wildman–Crippen MR) is 131 cm³/mol. The molecule has 0 aromatic heterocycles. The van der Waals surface area contributed by atoms with Crippen LogP contribution < -0.4 is 14.7 Å². The number of nitrogens with zero attached hydrogens (tertiary/aromatic N) is 1. The van der Waals surface area contributed by atoms with Crippen LogP contribution in [0.2, 0.25) is 0 Å². The number of benzene rings is 2. The van der Waals surface area contributed by atoms with E-state index < -0.39 is 29.3 Å². The lowest BCUT2D eigenvalue weighted by Gasteiger charge is -2.28. The zero-order valence-electron chi connectivity index (χ0n) is 21.2. The summed E-state index contributed by atoms with van der Waals surface area (Å²) < 4.78 is 19.5. The summed E-state index contributed by atoms with van der Waals surface area (Å²) in [5.41, 5.74) is 1.54. The van der Waals surface area contributed by atoms with Crippen molar-refractivity contribution < 1.29 is 28.7 Å². The summed E-state index contributed by atoms with van der Waals surface area (Å²) in [6.07, 6.45) is 0. The number of hydrogen-bond acceptors (Lipinski definition) is 4. The zero-order valence-corrected chi connectivity index (χ0v) is 21.2. The maximum absolute atomic E-state index is 13.6. The molecule has 1 aliphatic heterocycles. The highest BCUT2D eigenvalue weighted by molar-refractivity contribution is 6.46. The SMILES string of the molecule is CC[NH+](CC)CCN1C(=O)C(=O)C(=C([O-])c2ccc(OCC(C)C)c(C)c2)C1c1ccc(F)cc1. The summed E-state index contributed by atoms with van der Waals surface area (Å²) in [6.45, 7) is 13.3. The van der Waals surface area contributed by atoms with Gasteiger partial charge in [-0.05, 0) is 67.6 Å². The van der Waals surface area contributed by atoms with Crippen molar-refractivity contribution in [2.45, 2.75) is 40.7 Å². The average Bonchev–Trinajstić information content (AvgIpc) is 3.08. The van der Waals surface area contributed by atoms with Crippen molar-refractivity contribution >= 4 is 17.4 Å². The van der Waals surface area contributed by atoms with Gasteiger partial charge >= 0.3 is 0 Å². The van der Waals surface area contributed by atoms with Gasteiger partial charge in [-0.3, -0.25) is 9.59 Å². The topological polar surface area (TPSA) is 74.1 Å². The third-order valence-corrected chi connectivity index (χ3v) is 6.43. The highest BCUT2D eigenvalue weighted by atomic mass is 19.1. The molecule has 1 fully saturated rings. The number of halogens is 1. The molecular weight excluding hydrogens is 447 g/mol. The first-order valence-corrected chi connectivity index (χ1v) is 12.3. The number of amides is 1. The van der Waals surface area contributed by atoms with Gasteiger partial charge in [0.1, 0.15) is 11.6 Å². The van der Waals surface area contributed by atoms with Crippen LogP contribution in [0.4, 0.5) is 4.39 Å². The molecule has 1 unspecified atom stereocenters. The third kappa shape index (κ3) is 5.90. The van der Waals surface area contributed by atoms with Crippen LogP contribution in [-0.4, -0.2) is 49.4 Å². The molecule has 6 nitrogen and oxygen atoms in total. The molecule has 0 radical (unpaired) electrons. The fourth-order valence-corrected chi connectivity index (χ4v) is 4.34. The van der Waals surface area contributed by atoms with Gasteiger partial charge in [0.15, 0.2) is 0 Å². The molecular formula is C28H35FN2O4. The maximum Gasteiger partial charge on any atom is 0.295 e. The second-order valence-electron chi connectivity index (χ2n) is 9.42. The van der Waals surface area contributed by atoms with E-state index in [1.165, 1.54) is 34.1 Å². The van der Waals surface area contributed by atoms with Gasteiger partial charge in [0, 0.05) is 5.57 Å². The van der Waals surface area contributed by atoms with Crippen LogP contribution in [-0.2, 0) is 9.59 Å². The number of Topliss-reactive ketones (excluding diaryl/α,β-unsaturated/α-hetero) is 1. The minimum atomic E-state index is -0.852. The normalized spacial score (nSPS) is 17.6. The molecule has 3 rings (SSSR count). The molecule has 0 bridgehead atoms. The molecule has 0 spiro atoms. The van der Waals surface area contributed by atoms with Crippen LogP contribution >= 0.6 is 0 Å². The molecule has 2 aromatic carbocycles. The van der Waals surface area contributed by atoms with Crippen LogP contribution in [0.15, 0.2) is 48.0 Å². The lowest BCUT2D eigenvalue weighted by molar-refractivity contribution is -0.895. The highest BCUT2D eigenvalue weighted by Crippen LogP contribution is 2.38. The van der Waals surface area contributed by atoms with Crippen LogP contribution in [0.1, 0.15) is 50.4 Å². The smallest absolute Gasteiger partial charge is 0.295 e. The minimum Gasteiger partial charge on any atom is -0.872 e. The summed E-state index contributed by atoms with van der Waals surface area (Å²) in [5.74, 6) is -1.38. The summed E-state index contributed by atoms with van der Waals surface area (Å²) in [4.78, 5) is 28.9. The summed E-state index contributed by atoms with van der Waals surface area (Å²) >= 11 is 0. The second-order valence-corrected chi connectivity index (χ2v) is 9.42. The maximum atomic E-state index is 13.6. The standard InChI is InChI=1S/C28H35FN2O4/c1-6-30(7-2)14-15-31-25(20-8-11-22(29)12-9-20)24(27(33)28(31)34)26(32)21-10-13-23(19(5)16-21)35-17-18(3)4/h8-13,16,18,25,32H,6-7,14-15,17H2,1-5H3. The number of likely N-dealkylation sites (N-methyl/N-ethyl adjacent to an activating group) is 1. The Kier molecular flexibility index (Phi) is 8.67. The van der Waals surface area contributed by atoms with E-state index in [0.717, 1.165) is 18.7 Å². The van der Waals surface area contributed by atoms with Gasteiger partial charge in [0.05, 0.1) is 38.8 Å². The van der Waals surface area contributed by atoms with Crippen molar-refractivity contribution in [1.29, 1.82) is 0 Å². The number of ether oxygens (including phenoxy) is 1. The molecule has 1 aliphatic rings. The summed E-state index contributed by atoms with van der Waals surface area (Å²) in [6, 6.07) is 9.81. The molecule has 0 aliphatic carbocycles. The Labute approximate surface area is 207 Å². The first kappa shape index (κ1) is 26.4. The lowest BCUT2D eigenvalue weighted by Crippen LogP contribution is -3.12. The molecule has 188 valence electrons. The molecule has 1 atom stereocenters. The molecule has 2 aromatic rings. The number of nitrogens with one attached hydrogen (secondary N) is 1.